The maximum atomic E-state index is 13.2. The number of benzene rings is 1. The van der Waals surface area contributed by atoms with Crippen LogP contribution in [0.1, 0.15) is 27.3 Å². The second-order valence-electron chi connectivity index (χ2n) is 7.37. The highest BCUT2D eigenvalue weighted by Crippen LogP contribution is 2.25. The van der Waals surface area contributed by atoms with E-state index >= 15 is 0 Å². The molecule has 0 spiro atoms. The normalized spacial score (nSPS) is 14.4. The van der Waals surface area contributed by atoms with Crippen LogP contribution in [0.5, 0.6) is 0 Å². The van der Waals surface area contributed by atoms with Gasteiger partial charge in [-0.15, -0.1) is 0 Å². The first-order valence-electron chi connectivity index (χ1n) is 9.76. The van der Waals surface area contributed by atoms with E-state index in [0.717, 1.165) is 41.5 Å². The lowest BCUT2D eigenvalue weighted by atomic mass is 10.1. The first kappa shape index (κ1) is 18.3. The largest absolute Gasteiger partial charge is 0.353 e. The van der Waals surface area contributed by atoms with Crippen LogP contribution in [0.4, 0.5) is 5.82 Å². The van der Waals surface area contributed by atoms with E-state index in [0.29, 0.717) is 13.1 Å². The van der Waals surface area contributed by atoms with E-state index in [-0.39, 0.29) is 5.91 Å². The van der Waals surface area contributed by atoms with Crippen molar-refractivity contribution in [3.05, 3.63) is 77.2 Å². The zero-order valence-electron chi connectivity index (χ0n) is 16.7. The van der Waals surface area contributed by atoms with Crippen LogP contribution in [0.3, 0.4) is 0 Å². The van der Waals surface area contributed by atoms with Crippen molar-refractivity contribution in [3.8, 4) is 5.69 Å². The van der Waals surface area contributed by atoms with E-state index in [2.05, 4.69) is 40.4 Å². The topological polar surface area (TPSA) is 41.4 Å². The van der Waals surface area contributed by atoms with Crippen LogP contribution < -0.4 is 4.90 Å². The predicted octanol–water partition coefficient (Wildman–Crippen LogP) is 3.76. The highest BCUT2D eigenvalue weighted by atomic mass is 16.2. The summed E-state index contributed by atoms with van der Waals surface area (Å²) < 4.78 is 2.19. The summed E-state index contributed by atoms with van der Waals surface area (Å²) in [6, 6.07) is 16.3. The van der Waals surface area contributed by atoms with Crippen LogP contribution in [0.25, 0.3) is 5.69 Å². The number of carbonyl (C=O) groups is 1. The summed E-state index contributed by atoms with van der Waals surface area (Å²) in [5, 5.41) is 0. The zero-order chi connectivity index (χ0) is 19.7. The van der Waals surface area contributed by atoms with Crippen LogP contribution in [-0.2, 0) is 0 Å². The van der Waals surface area contributed by atoms with Crippen LogP contribution in [0, 0.1) is 20.8 Å². The third-order valence-electron chi connectivity index (χ3n) is 5.56. The van der Waals surface area contributed by atoms with Crippen molar-refractivity contribution in [2.24, 2.45) is 0 Å². The molecule has 1 aliphatic rings. The fourth-order valence-electron chi connectivity index (χ4n) is 4.01. The number of amides is 1. The van der Waals surface area contributed by atoms with Gasteiger partial charge in [-0.25, -0.2) is 4.98 Å². The molecule has 28 heavy (non-hydrogen) atoms. The van der Waals surface area contributed by atoms with Gasteiger partial charge in [0, 0.05) is 49.5 Å². The van der Waals surface area contributed by atoms with E-state index in [1.807, 2.05) is 54.4 Å². The fraction of sp³-hybridized carbons (Fsp3) is 0.304. The number of para-hydroxylation sites is 1. The van der Waals surface area contributed by atoms with Gasteiger partial charge in [-0.3, -0.25) is 4.79 Å². The molecule has 0 radical (unpaired) electrons. The number of rotatable bonds is 3. The molecule has 0 saturated carbocycles. The van der Waals surface area contributed by atoms with E-state index in [1.54, 1.807) is 0 Å². The Bertz CT molecular complexity index is 985. The average Bonchev–Trinajstić information content (AvgIpc) is 3.03. The molecule has 1 aliphatic heterocycles. The van der Waals surface area contributed by atoms with Gasteiger partial charge in [0.25, 0.3) is 5.91 Å². The third-order valence-corrected chi connectivity index (χ3v) is 5.56. The summed E-state index contributed by atoms with van der Waals surface area (Å²) in [6.07, 6.45) is 1.81. The molecular formula is C23H26N4O. The van der Waals surface area contributed by atoms with Gasteiger partial charge in [0.05, 0.1) is 5.56 Å². The van der Waals surface area contributed by atoms with Crippen LogP contribution in [0.15, 0.2) is 54.7 Å². The number of aromatic nitrogens is 2. The molecule has 5 nitrogen and oxygen atoms in total. The summed E-state index contributed by atoms with van der Waals surface area (Å²) in [4.78, 5) is 21.8. The summed E-state index contributed by atoms with van der Waals surface area (Å²) >= 11 is 0. The highest BCUT2D eigenvalue weighted by molar-refractivity contribution is 5.96. The van der Waals surface area contributed by atoms with Crippen molar-refractivity contribution in [1.29, 1.82) is 0 Å². The molecule has 0 unspecified atom stereocenters. The molecule has 3 aromatic rings. The molecule has 144 valence electrons. The third kappa shape index (κ3) is 3.28. The molecule has 1 amide bonds. The van der Waals surface area contributed by atoms with Crippen LogP contribution in [0.2, 0.25) is 0 Å². The number of nitrogens with zero attached hydrogens (tertiary/aromatic N) is 4. The molecule has 0 atom stereocenters. The summed E-state index contributed by atoms with van der Waals surface area (Å²) in [5.74, 6) is 1.10. The number of anilines is 1. The van der Waals surface area contributed by atoms with Crippen LogP contribution >= 0.6 is 0 Å². The molecule has 3 heterocycles. The van der Waals surface area contributed by atoms with Gasteiger partial charge in [-0.1, -0.05) is 24.3 Å². The number of carbonyl (C=O) groups excluding carboxylic acids is 1. The average molecular weight is 374 g/mol. The lowest BCUT2D eigenvalue weighted by Gasteiger charge is -2.35. The Kier molecular flexibility index (Phi) is 4.90. The summed E-state index contributed by atoms with van der Waals surface area (Å²) in [7, 11) is 0. The number of aryl methyl sites for hydroxylation is 2. The predicted molar refractivity (Wildman–Crippen MR) is 112 cm³/mol. The number of piperazine rings is 1. The highest BCUT2D eigenvalue weighted by Gasteiger charge is 2.26. The quantitative estimate of drug-likeness (QED) is 0.701. The van der Waals surface area contributed by atoms with Gasteiger partial charge >= 0.3 is 0 Å². The van der Waals surface area contributed by atoms with Gasteiger partial charge in [-0.05, 0) is 50.6 Å². The van der Waals surface area contributed by atoms with E-state index in [9.17, 15) is 4.79 Å². The maximum Gasteiger partial charge on any atom is 0.255 e. The molecule has 1 fully saturated rings. The van der Waals surface area contributed by atoms with Crippen molar-refractivity contribution in [1.82, 2.24) is 14.5 Å². The van der Waals surface area contributed by atoms with Crippen molar-refractivity contribution in [2.75, 3.05) is 31.1 Å². The van der Waals surface area contributed by atoms with Crippen molar-refractivity contribution in [2.45, 2.75) is 20.8 Å². The molecule has 1 aromatic carbocycles. The molecular weight excluding hydrogens is 348 g/mol. The van der Waals surface area contributed by atoms with Gasteiger partial charge in [-0.2, -0.15) is 0 Å². The molecule has 0 bridgehead atoms. The van der Waals surface area contributed by atoms with Gasteiger partial charge in [0.15, 0.2) is 0 Å². The van der Waals surface area contributed by atoms with E-state index < -0.39 is 0 Å². The van der Waals surface area contributed by atoms with Gasteiger partial charge in [0.2, 0.25) is 0 Å². The Morgan fingerprint density at radius 1 is 0.929 bits per heavy atom. The Morgan fingerprint density at radius 3 is 2.32 bits per heavy atom. The minimum absolute atomic E-state index is 0.119. The van der Waals surface area contributed by atoms with Crippen LogP contribution in [-0.4, -0.2) is 46.5 Å². The van der Waals surface area contributed by atoms with Gasteiger partial charge < -0.3 is 14.4 Å². The van der Waals surface area contributed by atoms with E-state index in [1.165, 1.54) is 5.56 Å². The fourth-order valence-corrected chi connectivity index (χ4v) is 4.01. The molecule has 5 heteroatoms. The number of hydrogen-bond acceptors (Lipinski definition) is 3. The van der Waals surface area contributed by atoms with E-state index in [4.69, 9.17) is 0 Å². The monoisotopic (exact) mass is 374 g/mol. The second kappa shape index (κ2) is 7.50. The molecule has 4 rings (SSSR count). The van der Waals surface area contributed by atoms with Crippen molar-refractivity contribution < 1.29 is 4.79 Å². The lowest BCUT2D eigenvalue weighted by Crippen LogP contribution is -2.49. The molecule has 0 aliphatic carbocycles. The minimum atomic E-state index is 0.119. The number of pyridine rings is 1. The Labute approximate surface area is 166 Å². The second-order valence-corrected chi connectivity index (χ2v) is 7.37. The van der Waals surface area contributed by atoms with Crippen molar-refractivity contribution >= 4 is 11.7 Å². The Balaban J connectivity index is 1.54. The summed E-state index contributed by atoms with van der Waals surface area (Å²) in [5.41, 5.74) is 5.22. The zero-order valence-corrected chi connectivity index (χ0v) is 16.7. The lowest BCUT2D eigenvalue weighted by molar-refractivity contribution is 0.0746. The standard InChI is InChI=1S/C23H26N4O/c1-17-8-4-5-9-21(17)27-18(2)16-20(19(27)3)23(28)26-14-12-25(13-15-26)22-10-6-7-11-24-22/h4-11,16H,12-15H2,1-3H3. The Hall–Kier alpha value is -3.08. The molecule has 1 saturated heterocycles. The maximum absolute atomic E-state index is 13.2. The van der Waals surface area contributed by atoms with Crippen molar-refractivity contribution in [3.63, 3.8) is 0 Å². The first-order valence-corrected chi connectivity index (χ1v) is 9.76. The Morgan fingerprint density at radius 2 is 1.64 bits per heavy atom. The molecule has 2 aromatic heterocycles. The first-order chi connectivity index (χ1) is 13.6. The minimum Gasteiger partial charge on any atom is -0.353 e. The summed E-state index contributed by atoms with van der Waals surface area (Å²) in [6.45, 7) is 9.24. The SMILES string of the molecule is Cc1ccccc1-n1c(C)cc(C(=O)N2CCN(c3ccccn3)CC2)c1C. The molecule has 0 N–H and O–H groups in total. The number of hydrogen-bond donors (Lipinski definition) is 0. The van der Waals surface area contributed by atoms with Gasteiger partial charge in [0.1, 0.15) is 5.82 Å². The smallest absolute Gasteiger partial charge is 0.255 e.